The summed E-state index contributed by atoms with van der Waals surface area (Å²) in [5.74, 6) is -0.355. The number of ether oxygens (including phenoxy) is 3. The summed E-state index contributed by atoms with van der Waals surface area (Å²) in [5.41, 5.74) is 1.27. The van der Waals surface area contributed by atoms with Crippen LogP contribution in [0.3, 0.4) is 0 Å². The molecule has 1 aromatic heterocycles. The molecule has 3 N–H and O–H groups in total. The van der Waals surface area contributed by atoms with Crippen LogP contribution in [-0.2, 0) is 23.9 Å². The van der Waals surface area contributed by atoms with E-state index in [1.54, 1.807) is 42.5 Å². The fourth-order valence-corrected chi connectivity index (χ4v) is 4.14. The predicted molar refractivity (Wildman–Crippen MR) is 146 cm³/mol. The molecule has 3 aromatic rings. The van der Waals surface area contributed by atoms with Gasteiger partial charge in [0.05, 0.1) is 25.2 Å². The van der Waals surface area contributed by atoms with E-state index in [0.717, 1.165) is 4.68 Å². The topological polar surface area (TPSA) is 163 Å². The second kappa shape index (κ2) is 14.1. The Morgan fingerprint density at radius 2 is 1.77 bits per heavy atom. The van der Waals surface area contributed by atoms with Crippen molar-refractivity contribution in [2.75, 3.05) is 50.2 Å². The van der Waals surface area contributed by atoms with Gasteiger partial charge in [0.25, 0.3) is 11.5 Å². The lowest BCUT2D eigenvalue weighted by Gasteiger charge is -2.21. The maximum absolute atomic E-state index is 13.2. The molecule has 13 nitrogen and oxygen atoms in total. The van der Waals surface area contributed by atoms with Crippen molar-refractivity contribution in [3.05, 3.63) is 52.8 Å². The normalized spacial score (nSPS) is 15.1. The lowest BCUT2D eigenvalue weighted by atomic mass is 10.1. The summed E-state index contributed by atoms with van der Waals surface area (Å²) in [6, 6.07) is 11.5. The highest BCUT2D eigenvalue weighted by atomic mass is 16.5. The van der Waals surface area contributed by atoms with Gasteiger partial charge in [-0.2, -0.15) is 4.68 Å². The number of piperidine rings is 1. The quantitative estimate of drug-likeness (QED) is 0.198. The zero-order chi connectivity index (χ0) is 28.3. The molecule has 212 valence electrons. The van der Waals surface area contributed by atoms with Crippen LogP contribution < -0.4 is 26.2 Å². The number of nitrogens with one attached hydrogen (secondary N) is 3. The minimum absolute atomic E-state index is 0.125. The lowest BCUT2D eigenvalue weighted by Crippen LogP contribution is -2.45. The van der Waals surface area contributed by atoms with Crippen LogP contribution in [0.25, 0.3) is 10.9 Å². The van der Waals surface area contributed by atoms with Crippen molar-refractivity contribution in [2.24, 2.45) is 0 Å². The van der Waals surface area contributed by atoms with Gasteiger partial charge in [-0.3, -0.25) is 24.5 Å². The summed E-state index contributed by atoms with van der Waals surface area (Å²) >= 11 is 0. The average molecular weight is 553 g/mol. The van der Waals surface area contributed by atoms with Gasteiger partial charge in [-0.1, -0.05) is 11.3 Å². The van der Waals surface area contributed by atoms with Crippen LogP contribution in [0.1, 0.15) is 32.2 Å². The Labute approximate surface area is 230 Å². The number of fused-ring (bicyclic) bond motifs is 1. The smallest absolute Gasteiger partial charge is 0.280 e. The number of amides is 3. The Kier molecular flexibility index (Phi) is 10.1. The molecule has 40 heavy (non-hydrogen) atoms. The van der Waals surface area contributed by atoms with Gasteiger partial charge < -0.3 is 24.8 Å². The third-order valence-electron chi connectivity index (χ3n) is 6.04. The molecule has 1 aliphatic rings. The lowest BCUT2D eigenvalue weighted by molar-refractivity contribution is -0.136. The molecule has 0 spiro atoms. The van der Waals surface area contributed by atoms with Crippen LogP contribution in [0, 0.1) is 0 Å². The van der Waals surface area contributed by atoms with Gasteiger partial charge in [-0.25, -0.2) is 0 Å². The summed E-state index contributed by atoms with van der Waals surface area (Å²) in [6.45, 7) is 4.18. The molecule has 13 heteroatoms. The molecule has 0 aliphatic carbocycles. The molecule has 1 unspecified atom stereocenters. The number of nitrogens with zero attached hydrogens (tertiary/aromatic N) is 3. The van der Waals surface area contributed by atoms with Gasteiger partial charge >= 0.3 is 0 Å². The summed E-state index contributed by atoms with van der Waals surface area (Å²) in [6.07, 6.45) is 1.02. The number of anilines is 2. The Morgan fingerprint density at radius 3 is 2.52 bits per heavy atom. The number of carbonyl (C=O) groups excluding carboxylic acids is 3. The van der Waals surface area contributed by atoms with Gasteiger partial charge in [0.15, 0.2) is 0 Å². The third-order valence-corrected chi connectivity index (χ3v) is 6.04. The highest BCUT2D eigenvalue weighted by Gasteiger charge is 2.30. The fraction of sp³-hybridized carbons (Fsp3) is 0.407. The first kappa shape index (κ1) is 28.6. The zero-order valence-corrected chi connectivity index (χ0v) is 22.2. The van der Waals surface area contributed by atoms with Crippen molar-refractivity contribution < 1.29 is 28.6 Å². The SMILES string of the molecule is CC(=O)Nc1ccc(OCCOCCOCCCNc2cccc3nnn(C4CCC(=O)NC4=O)c(=O)c23)cc1. The highest BCUT2D eigenvalue weighted by Crippen LogP contribution is 2.21. The highest BCUT2D eigenvalue weighted by molar-refractivity contribution is 5.99. The molecule has 4 rings (SSSR count). The first-order valence-corrected chi connectivity index (χ1v) is 13.0. The fourth-order valence-electron chi connectivity index (χ4n) is 4.14. The van der Waals surface area contributed by atoms with E-state index in [1.807, 2.05) is 0 Å². The zero-order valence-electron chi connectivity index (χ0n) is 22.2. The molecule has 0 saturated carbocycles. The third kappa shape index (κ3) is 7.83. The molecule has 1 saturated heterocycles. The van der Waals surface area contributed by atoms with Gasteiger partial charge in [0.1, 0.15) is 23.9 Å². The number of imide groups is 1. The number of hydrogen-bond donors (Lipinski definition) is 3. The Hall–Kier alpha value is -4.36. The summed E-state index contributed by atoms with van der Waals surface area (Å²) in [7, 11) is 0. The van der Waals surface area contributed by atoms with Gasteiger partial charge in [-0.05, 0) is 49.2 Å². The molecule has 2 aromatic carbocycles. The van der Waals surface area contributed by atoms with E-state index < -0.39 is 17.5 Å². The molecule has 1 aliphatic heterocycles. The summed E-state index contributed by atoms with van der Waals surface area (Å²) in [5, 5.41) is 16.6. The van der Waals surface area contributed by atoms with Crippen molar-refractivity contribution >= 4 is 40.0 Å². The van der Waals surface area contributed by atoms with Crippen molar-refractivity contribution in [2.45, 2.75) is 32.2 Å². The van der Waals surface area contributed by atoms with Crippen molar-refractivity contribution in [3.63, 3.8) is 0 Å². The minimum atomic E-state index is -0.875. The Balaban J connectivity index is 1.14. The minimum Gasteiger partial charge on any atom is -0.491 e. The first-order valence-electron chi connectivity index (χ1n) is 13.0. The van der Waals surface area contributed by atoms with Crippen LogP contribution in [0.4, 0.5) is 11.4 Å². The molecule has 0 bridgehead atoms. The van der Waals surface area contributed by atoms with E-state index in [0.29, 0.717) is 74.0 Å². The van der Waals surface area contributed by atoms with Crippen molar-refractivity contribution in [3.8, 4) is 5.75 Å². The van der Waals surface area contributed by atoms with E-state index in [2.05, 4.69) is 26.3 Å². The maximum Gasteiger partial charge on any atom is 0.280 e. The second-order valence-electron chi connectivity index (χ2n) is 9.06. The van der Waals surface area contributed by atoms with Crippen molar-refractivity contribution in [1.82, 2.24) is 20.3 Å². The molecule has 2 heterocycles. The van der Waals surface area contributed by atoms with E-state index in [-0.39, 0.29) is 24.7 Å². The van der Waals surface area contributed by atoms with Crippen LogP contribution in [0.15, 0.2) is 47.3 Å². The second-order valence-corrected chi connectivity index (χ2v) is 9.06. The van der Waals surface area contributed by atoms with E-state index in [1.165, 1.54) is 6.92 Å². The molecule has 3 amide bonds. The average Bonchev–Trinajstić information content (AvgIpc) is 2.93. The number of aromatic nitrogens is 3. The number of rotatable bonds is 14. The number of benzene rings is 2. The predicted octanol–water partition coefficient (Wildman–Crippen LogP) is 1.64. The maximum atomic E-state index is 13.2. The molecule has 0 radical (unpaired) electrons. The van der Waals surface area contributed by atoms with Crippen LogP contribution in [0.2, 0.25) is 0 Å². The standard InChI is InChI=1S/C27H32N6O7/c1-18(34)29-19-6-8-20(9-7-19)40-17-16-39-15-14-38-13-3-12-28-21-4-2-5-22-25(21)27(37)33(32-31-22)23-10-11-24(35)30-26(23)36/h2,4-9,23,28H,3,10-17H2,1H3,(H,29,34)(H,30,35,36). The monoisotopic (exact) mass is 552 g/mol. The summed E-state index contributed by atoms with van der Waals surface area (Å²) < 4.78 is 17.8. The first-order chi connectivity index (χ1) is 19.4. The van der Waals surface area contributed by atoms with E-state index in [4.69, 9.17) is 14.2 Å². The summed E-state index contributed by atoms with van der Waals surface area (Å²) in [4.78, 5) is 47.9. The van der Waals surface area contributed by atoms with Crippen molar-refractivity contribution in [1.29, 1.82) is 0 Å². The van der Waals surface area contributed by atoms with Gasteiger partial charge in [0, 0.05) is 37.9 Å². The Morgan fingerprint density at radius 1 is 1.02 bits per heavy atom. The number of carbonyl (C=O) groups is 3. The molecular weight excluding hydrogens is 520 g/mol. The largest absolute Gasteiger partial charge is 0.491 e. The Bertz CT molecular complexity index is 1390. The van der Waals surface area contributed by atoms with Crippen LogP contribution in [-0.4, -0.2) is 72.3 Å². The molecule has 1 atom stereocenters. The van der Waals surface area contributed by atoms with Crippen LogP contribution in [0.5, 0.6) is 5.75 Å². The van der Waals surface area contributed by atoms with Gasteiger partial charge in [0.2, 0.25) is 11.8 Å². The van der Waals surface area contributed by atoms with E-state index >= 15 is 0 Å². The van der Waals surface area contributed by atoms with Gasteiger partial charge in [-0.15, -0.1) is 5.10 Å². The molecule has 1 fully saturated rings. The van der Waals surface area contributed by atoms with Crippen LogP contribution >= 0.6 is 0 Å². The van der Waals surface area contributed by atoms with E-state index in [9.17, 15) is 19.2 Å². The number of hydrogen-bond acceptors (Lipinski definition) is 10. The molecular formula is C27H32N6O7.